The molecule has 0 bridgehead atoms. The molecule has 1 atom stereocenters. The number of hydrogen-bond donors (Lipinski definition) is 1. The molecule has 0 aliphatic heterocycles. The molecule has 0 aliphatic carbocycles. The molecule has 8 heavy (non-hydrogen) atoms. The maximum atomic E-state index is 10.2. The molecule has 0 spiro atoms. The summed E-state index contributed by atoms with van der Waals surface area (Å²) in [5.41, 5.74) is 0. The van der Waals surface area contributed by atoms with Gasteiger partial charge in [-0.3, -0.25) is 0 Å². The molecule has 0 amide bonds. The van der Waals surface area contributed by atoms with Crippen molar-refractivity contribution >= 4 is 5.97 Å². The van der Waals surface area contributed by atoms with Crippen LogP contribution in [0.15, 0.2) is 12.7 Å². The van der Waals surface area contributed by atoms with E-state index in [1.807, 2.05) is 0 Å². The summed E-state index contributed by atoms with van der Waals surface area (Å²) in [4.78, 5) is 9.73. The number of rotatable bonds is 3. The summed E-state index contributed by atoms with van der Waals surface area (Å²) in [5.74, 6) is -1.31. The zero-order valence-corrected chi connectivity index (χ0v) is 4.33. The number of carboxylic acids is 1. The Morgan fingerprint density at radius 3 is 2.50 bits per heavy atom. The van der Waals surface area contributed by atoms with Crippen LogP contribution in [-0.4, -0.2) is 17.2 Å². The van der Waals surface area contributed by atoms with Crippen LogP contribution in [0.25, 0.3) is 0 Å². The monoisotopic (exact) mass is 115 g/mol. The highest BCUT2D eigenvalue weighted by molar-refractivity contribution is 5.71. The predicted molar refractivity (Wildman–Crippen MR) is 26.9 cm³/mol. The van der Waals surface area contributed by atoms with Gasteiger partial charge in [0.25, 0.3) is 0 Å². The van der Waals surface area contributed by atoms with Crippen molar-refractivity contribution in [1.29, 1.82) is 0 Å². The molecule has 0 aromatic carbocycles. The van der Waals surface area contributed by atoms with Gasteiger partial charge in [0.2, 0.25) is 0 Å². The molecule has 45 valence electrons. The van der Waals surface area contributed by atoms with Crippen LogP contribution in [0.2, 0.25) is 0 Å². The summed E-state index contributed by atoms with van der Waals surface area (Å²) in [6.45, 7) is 3.22. The van der Waals surface area contributed by atoms with Crippen molar-refractivity contribution in [2.75, 3.05) is 0 Å². The third-order valence-electron chi connectivity index (χ3n) is 0.656. The molecule has 0 heterocycles. The van der Waals surface area contributed by atoms with Gasteiger partial charge in [0.15, 0.2) is 6.10 Å². The van der Waals surface area contributed by atoms with Crippen molar-refractivity contribution in [3.8, 4) is 0 Å². The Bertz CT molecular complexity index is 97.8. The lowest BCUT2D eigenvalue weighted by Gasteiger charge is -1.93. The Kier molecular flexibility index (Phi) is 2.88. The summed E-state index contributed by atoms with van der Waals surface area (Å²) >= 11 is 0. The molecule has 0 saturated carbocycles. The minimum atomic E-state index is -1.53. The van der Waals surface area contributed by atoms with E-state index >= 15 is 0 Å². The van der Waals surface area contributed by atoms with Crippen molar-refractivity contribution in [1.82, 2.24) is 0 Å². The molecule has 3 nitrogen and oxygen atoms in total. The lowest BCUT2D eigenvalue weighted by molar-refractivity contribution is -0.149. The van der Waals surface area contributed by atoms with Crippen LogP contribution in [0.4, 0.5) is 0 Å². The number of aliphatic carboxylic acids is 1. The fourth-order valence-electron chi connectivity index (χ4n) is 0.252. The minimum absolute atomic E-state index is 0.00463. The second-order valence-corrected chi connectivity index (χ2v) is 1.35. The number of carboxylic acid groups (broad SMARTS) is 1. The van der Waals surface area contributed by atoms with Gasteiger partial charge in [-0.1, -0.05) is 6.08 Å². The van der Waals surface area contributed by atoms with Crippen molar-refractivity contribution < 1.29 is 15.0 Å². The molecule has 0 rings (SSSR count). The van der Waals surface area contributed by atoms with Crippen LogP contribution in [0.3, 0.4) is 0 Å². The van der Waals surface area contributed by atoms with E-state index in [4.69, 9.17) is 5.11 Å². The first-order valence-corrected chi connectivity index (χ1v) is 2.18. The summed E-state index contributed by atoms with van der Waals surface area (Å²) in [6, 6.07) is 0. The number of carbonyl (C=O) groups is 1. The number of hydrogen-bond acceptors (Lipinski definition) is 1. The van der Waals surface area contributed by atoms with Gasteiger partial charge in [0, 0.05) is 6.42 Å². The topological polar surface area (TPSA) is 57.2 Å². The maximum absolute atomic E-state index is 10.2. The average molecular weight is 115 g/mol. The first-order valence-electron chi connectivity index (χ1n) is 2.18. The van der Waals surface area contributed by atoms with E-state index in [9.17, 15) is 9.90 Å². The van der Waals surface area contributed by atoms with E-state index < -0.39 is 12.1 Å². The lowest BCUT2D eigenvalue weighted by atomic mass is 10.3. The molecule has 0 saturated heterocycles. The second-order valence-electron chi connectivity index (χ2n) is 1.35. The normalized spacial score (nSPS) is 12.6. The van der Waals surface area contributed by atoms with Crippen LogP contribution in [0.1, 0.15) is 6.42 Å². The Morgan fingerprint density at radius 2 is 2.38 bits per heavy atom. The van der Waals surface area contributed by atoms with Gasteiger partial charge in [-0.15, -0.1) is 6.58 Å². The third kappa shape index (κ3) is 2.36. The van der Waals surface area contributed by atoms with Gasteiger partial charge in [0.1, 0.15) is 0 Å². The Balaban J connectivity index is 3.46. The third-order valence-corrected chi connectivity index (χ3v) is 0.656. The van der Waals surface area contributed by atoms with Crippen LogP contribution < -0.4 is 0 Å². The molecule has 1 N–H and O–H groups in total. The van der Waals surface area contributed by atoms with Crippen LogP contribution in [0.5, 0.6) is 0 Å². The lowest BCUT2D eigenvalue weighted by Crippen LogP contribution is -2.16. The van der Waals surface area contributed by atoms with E-state index in [1.165, 1.54) is 6.08 Å². The zero-order valence-electron chi connectivity index (χ0n) is 4.33. The average Bonchev–Trinajstić information content (AvgIpc) is 1.67. The van der Waals surface area contributed by atoms with E-state index in [2.05, 4.69) is 6.58 Å². The van der Waals surface area contributed by atoms with Gasteiger partial charge < -0.3 is 5.11 Å². The van der Waals surface area contributed by atoms with Crippen LogP contribution in [0, 0.1) is 0 Å². The SMILES string of the molecule is C=CCC([O])C(=O)O. The van der Waals surface area contributed by atoms with Crippen molar-refractivity contribution in [3.05, 3.63) is 12.7 Å². The molecule has 0 fully saturated rings. The van der Waals surface area contributed by atoms with E-state index in [-0.39, 0.29) is 6.42 Å². The molecule has 1 unspecified atom stereocenters. The minimum Gasteiger partial charge on any atom is -0.479 e. The smallest absolute Gasteiger partial charge is 0.336 e. The summed E-state index contributed by atoms with van der Waals surface area (Å²) in [6.07, 6.45) is -0.242. The second kappa shape index (κ2) is 3.21. The van der Waals surface area contributed by atoms with Gasteiger partial charge >= 0.3 is 5.97 Å². The maximum Gasteiger partial charge on any atom is 0.336 e. The molecular weight excluding hydrogens is 108 g/mol. The van der Waals surface area contributed by atoms with Gasteiger partial charge in [0.05, 0.1) is 0 Å². The Labute approximate surface area is 47.3 Å². The molecule has 3 heteroatoms. The summed E-state index contributed by atoms with van der Waals surface area (Å²) in [5, 5.41) is 18.1. The largest absolute Gasteiger partial charge is 0.479 e. The standard InChI is InChI=1S/C5H7O3/c1-2-3-4(6)5(7)8/h2,4H,1,3H2,(H,7,8). The highest BCUT2D eigenvalue weighted by Gasteiger charge is 2.11. The fraction of sp³-hybridized carbons (Fsp3) is 0.400. The fourth-order valence-corrected chi connectivity index (χ4v) is 0.252. The Morgan fingerprint density at radius 1 is 1.88 bits per heavy atom. The van der Waals surface area contributed by atoms with Crippen molar-refractivity contribution in [2.24, 2.45) is 0 Å². The van der Waals surface area contributed by atoms with Crippen LogP contribution >= 0.6 is 0 Å². The van der Waals surface area contributed by atoms with Gasteiger partial charge in [-0.05, 0) is 0 Å². The Hall–Kier alpha value is -0.830. The van der Waals surface area contributed by atoms with E-state index in [0.29, 0.717) is 0 Å². The first kappa shape index (κ1) is 7.17. The van der Waals surface area contributed by atoms with Gasteiger partial charge in [-0.25, -0.2) is 9.90 Å². The molecule has 0 aromatic rings. The van der Waals surface area contributed by atoms with E-state index in [1.54, 1.807) is 0 Å². The first-order chi connectivity index (χ1) is 3.68. The van der Waals surface area contributed by atoms with Crippen LogP contribution in [-0.2, 0) is 9.90 Å². The summed E-state index contributed by atoms with van der Waals surface area (Å²) < 4.78 is 0. The highest BCUT2D eigenvalue weighted by atomic mass is 16.4. The predicted octanol–water partition coefficient (Wildman–Crippen LogP) is 0.446. The molecule has 0 aromatic heterocycles. The molecule has 0 aliphatic rings. The quantitative estimate of drug-likeness (QED) is 0.543. The molecular formula is C5H7O3. The zero-order chi connectivity index (χ0) is 6.57. The van der Waals surface area contributed by atoms with Crippen molar-refractivity contribution in [3.63, 3.8) is 0 Å². The van der Waals surface area contributed by atoms with Crippen molar-refractivity contribution in [2.45, 2.75) is 12.5 Å². The summed E-state index contributed by atoms with van der Waals surface area (Å²) in [7, 11) is 0. The molecule has 1 radical (unpaired) electrons. The highest BCUT2D eigenvalue weighted by Crippen LogP contribution is 1.90. The van der Waals surface area contributed by atoms with E-state index in [0.717, 1.165) is 0 Å². The van der Waals surface area contributed by atoms with Gasteiger partial charge in [-0.2, -0.15) is 0 Å².